The van der Waals surface area contributed by atoms with E-state index in [9.17, 15) is 14.9 Å². The fraction of sp³-hybridized carbons (Fsp3) is 0.227. The predicted molar refractivity (Wildman–Crippen MR) is 106 cm³/mol. The molecule has 0 aromatic heterocycles. The lowest BCUT2D eigenvalue weighted by atomic mass is 10.0. The molecule has 0 bridgehead atoms. The van der Waals surface area contributed by atoms with Crippen molar-refractivity contribution in [2.24, 2.45) is 0 Å². The quantitative estimate of drug-likeness (QED) is 0.484. The molecule has 1 unspecified atom stereocenters. The number of carbonyl (C=O) groups is 2. The number of nitriles is 1. The molecule has 0 aliphatic heterocycles. The van der Waals surface area contributed by atoms with Crippen LogP contribution in [0, 0.1) is 11.3 Å². The second-order valence-electron chi connectivity index (χ2n) is 6.34. The summed E-state index contributed by atoms with van der Waals surface area (Å²) < 4.78 is 0. The van der Waals surface area contributed by atoms with Crippen molar-refractivity contribution in [1.29, 1.82) is 5.26 Å². The Morgan fingerprint density at radius 1 is 1.11 bits per heavy atom. The maximum absolute atomic E-state index is 12.3. The Hall–Kier alpha value is -3.59. The molecule has 0 radical (unpaired) electrons. The van der Waals surface area contributed by atoms with Gasteiger partial charge in [0.2, 0.25) is 0 Å². The largest absolute Gasteiger partial charge is 0.478 e. The van der Waals surface area contributed by atoms with Crippen LogP contribution in [0.25, 0.3) is 0 Å². The van der Waals surface area contributed by atoms with Gasteiger partial charge in [-0.05, 0) is 42.2 Å². The van der Waals surface area contributed by atoms with Gasteiger partial charge in [0.25, 0.3) is 5.91 Å². The standard InChI is InChI=1S/C22H23N3O3/c1-3-16-4-8-18(9-5-16)15(2)25-21(26)20(12-23)14-24-13-17-6-10-19(11-7-17)22(27)28/h4-11,14-15,24H,3,13H2,1-2H3,(H,25,26)(H,27,28)/b20-14-. The predicted octanol–water partition coefficient (Wildman–Crippen LogP) is 3.32. The van der Waals surface area contributed by atoms with Crippen molar-refractivity contribution in [3.05, 3.63) is 82.6 Å². The van der Waals surface area contributed by atoms with E-state index < -0.39 is 11.9 Å². The molecule has 28 heavy (non-hydrogen) atoms. The number of aryl methyl sites for hydroxylation is 1. The van der Waals surface area contributed by atoms with Crippen molar-refractivity contribution in [3.8, 4) is 6.07 Å². The van der Waals surface area contributed by atoms with E-state index in [0.29, 0.717) is 6.54 Å². The fourth-order valence-electron chi connectivity index (χ4n) is 2.58. The monoisotopic (exact) mass is 377 g/mol. The van der Waals surface area contributed by atoms with Gasteiger partial charge in [0.1, 0.15) is 11.6 Å². The van der Waals surface area contributed by atoms with Crippen molar-refractivity contribution in [2.75, 3.05) is 0 Å². The van der Waals surface area contributed by atoms with Crippen LogP contribution >= 0.6 is 0 Å². The molecule has 2 aromatic carbocycles. The maximum atomic E-state index is 12.3. The lowest BCUT2D eigenvalue weighted by molar-refractivity contribution is -0.117. The first-order chi connectivity index (χ1) is 13.4. The fourth-order valence-corrected chi connectivity index (χ4v) is 2.58. The van der Waals surface area contributed by atoms with Gasteiger partial charge < -0.3 is 15.7 Å². The number of nitrogens with one attached hydrogen (secondary N) is 2. The van der Waals surface area contributed by atoms with Gasteiger partial charge in [-0.2, -0.15) is 5.26 Å². The van der Waals surface area contributed by atoms with Gasteiger partial charge >= 0.3 is 5.97 Å². The minimum Gasteiger partial charge on any atom is -0.478 e. The third-order valence-electron chi connectivity index (χ3n) is 4.35. The highest BCUT2D eigenvalue weighted by atomic mass is 16.4. The lowest BCUT2D eigenvalue weighted by Gasteiger charge is -2.14. The zero-order chi connectivity index (χ0) is 20.5. The van der Waals surface area contributed by atoms with Crippen LogP contribution in [0.4, 0.5) is 0 Å². The topological polar surface area (TPSA) is 102 Å². The highest BCUT2D eigenvalue weighted by molar-refractivity contribution is 5.97. The van der Waals surface area contributed by atoms with Gasteiger partial charge in [-0.15, -0.1) is 0 Å². The number of carboxylic acids is 1. The van der Waals surface area contributed by atoms with Crippen LogP contribution in [-0.4, -0.2) is 17.0 Å². The Balaban J connectivity index is 1.94. The summed E-state index contributed by atoms with van der Waals surface area (Å²) in [6.07, 6.45) is 2.32. The van der Waals surface area contributed by atoms with Crippen LogP contribution in [0.2, 0.25) is 0 Å². The average molecular weight is 377 g/mol. The molecule has 0 heterocycles. The number of amides is 1. The lowest BCUT2D eigenvalue weighted by Crippen LogP contribution is -2.28. The highest BCUT2D eigenvalue weighted by Gasteiger charge is 2.13. The van der Waals surface area contributed by atoms with Crippen LogP contribution < -0.4 is 10.6 Å². The number of benzene rings is 2. The normalized spacial score (nSPS) is 12.0. The Bertz CT molecular complexity index is 894. The number of carbonyl (C=O) groups excluding carboxylic acids is 1. The molecule has 3 N–H and O–H groups in total. The number of rotatable bonds is 8. The van der Waals surface area contributed by atoms with Gasteiger partial charge in [0, 0.05) is 12.7 Å². The van der Waals surface area contributed by atoms with E-state index in [1.807, 2.05) is 37.3 Å². The van der Waals surface area contributed by atoms with Crippen molar-refractivity contribution >= 4 is 11.9 Å². The van der Waals surface area contributed by atoms with Crippen LogP contribution in [-0.2, 0) is 17.8 Å². The molecule has 2 rings (SSSR count). The molecule has 0 spiro atoms. The molecule has 0 saturated heterocycles. The molecule has 2 aromatic rings. The van der Waals surface area contributed by atoms with Gasteiger partial charge in [-0.25, -0.2) is 4.79 Å². The van der Waals surface area contributed by atoms with Gasteiger partial charge in [-0.3, -0.25) is 4.79 Å². The smallest absolute Gasteiger partial charge is 0.335 e. The minimum absolute atomic E-state index is 0.0285. The number of hydrogen-bond donors (Lipinski definition) is 3. The summed E-state index contributed by atoms with van der Waals surface area (Å²) in [5.41, 5.74) is 3.20. The second kappa shape index (κ2) is 9.93. The highest BCUT2D eigenvalue weighted by Crippen LogP contribution is 2.14. The van der Waals surface area contributed by atoms with E-state index >= 15 is 0 Å². The third kappa shape index (κ3) is 5.71. The van der Waals surface area contributed by atoms with Crippen LogP contribution in [0.3, 0.4) is 0 Å². The first kappa shape index (κ1) is 20.7. The number of nitrogens with zero attached hydrogens (tertiary/aromatic N) is 1. The van der Waals surface area contributed by atoms with Crippen molar-refractivity contribution < 1.29 is 14.7 Å². The molecular weight excluding hydrogens is 354 g/mol. The molecular formula is C22H23N3O3. The van der Waals surface area contributed by atoms with E-state index in [2.05, 4.69) is 17.6 Å². The van der Waals surface area contributed by atoms with E-state index in [1.54, 1.807) is 12.1 Å². The minimum atomic E-state index is -0.985. The van der Waals surface area contributed by atoms with Gasteiger partial charge in [-0.1, -0.05) is 43.3 Å². The van der Waals surface area contributed by atoms with E-state index in [1.165, 1.54) is 23.9 Å². The van der Waals surface area contributed by atoms with Crippen molar-refractivity contribution in [3.63, 3.8) is 0 Å². The van der Waals surface area contributed by atoms with Gasteiger partial charge in [0.15, 0.2) is 0 Å². The molecule has 1 amide bonds. The molecule has 0 aliphatic carbocycles. The van der Waals surface area contributed by atoms with Crippen molar-refractivity contribution in [1.82, 2.24) is 10.6 Å². The van der Waals surface area contributed by atoms with Crippen molar-refractivity contribution in [2.45, 2.75) is 32.9 Å². The maximum Gasteiger partial charge on any atom is 0.335 e. The Kier molecular flexibility index (Phi) is 7.35. The summed E-state index contributed by atoms with van der Waals surface area (Å²) in [6, 6.07) is 16.0. The average Bonchev–Trinajstić information content (AvgIpc) is 2.71. The Labute approximate surface area is 164 Å². The second-order valence-corrected chi connectivity index (χ2v) is 6.34. The summed E-state index contributed by atoms with van der Waals surface area (Å²) >= 11 is 0. The first-order valence-electron chi connectivity index (χ1n) is 9.00. The summed E-state index contributed by atoms with van der Waals surface area (Å²) in [4.78, 5) is 23.2. The SMILES string of the molecule is CCc1ccc(C(C)NC(=O)/C(C#N)=C\NCc2ccc(C(=O)O)cc2)cc1. The van der Waals surface area contributed by atoms with E-state index in [0.717, 1.165) is 17.5 Å². The molecule has 0 aliphatic rings. The summed E-state index contributed by atoms with van der Waals surface area (Å²) in [7, 11) is 0. The molecule has 6 heteroatoms. The molecule has 0 saturated carbocycles. The zero-order valence-electron chi connectivity index (χ0n) is 15.9. The van der Waals surface area contributed by atoms with Crippen LogP contribution in [0.15, 0.2) is 60.3 Å². The number of carboxylic acid groups (broad SMARTS) is 1. The molecule has 6 nitrogen and oxygen atoms in total. The number of aromatic carboxylic acids is 1. The summed E-state index contributed by atoms with van der Waals surface area (Å²) in [5.74, 6) is -1.44. The Morgan fingerprint density at radius 2 is 1.71 bits per heavy atom. The van der Waals surface area contributed by atoms with Crippen LogP contribution in [0.1, 0.15) is 46.9 Å². The zero-order valence-corrected chi connectivity index (χ0v) is 15.9. The molecule has 1 atom stereocenters. The summed E-state index contributed by atoms with van der Waals surface area (Å²) in [6.45, 7) is 4.31. The molecule has 0 fully saturated rings. The summed E-state index contributed by atoms with van der Waals surface area (Å²) in [5, 5.41) is 23.9. The Morgan fingerprint density at radius 3 is 2.25 bits per heavy atom. The van der Waals surface area contributed by atoms with Crippen LogP contribution in [0.5, 0.6) is 0 Å². The van der Waals surface area contributed by atoms with E-state index in [-0.39, 0.29) is 17.2 Å². The van der Waals surface area contributed by atoms with E-state index in [4.69, 9.17) is 5.11 Å². The molecule has 144 valence electrons. The van der Waals surface area contributed by atoms with Gasteiger partial charge in [0.05, 0.1) is 11.6 Å². The first-order valence-corrected chi connectivity index (χ1v) is 9.00. The third-order valence-corrected chi connectivity index (χ3v) is 4.35. The number of hydrogen-bond acceptors (Lipinski definition) is 4.